The van der Waals surface area contributed by atoms with Crippen molar-refractivity contribution < 1.29 is 32.3 Å². The van der Waals surface area contributed by atoms with Gasteiger partial charge in [-0.3, -0.25) is 9.59 Å². The number of aryl methyl sites for hydroxylation is 1. The summed E-state index contributed by atoms with van der Waals surface area (Å²) in [6.07, 6.45) is 0. The van der Waals surface area contributed by atoms with Gasteiger partial charge in [0.25, 0.3) is 15.9 Å². The Hall–Kier alpha value is -2.40. The summed E-state index contributed by atoms with van der Waals surface area (Å²) in [7, 11) is -1.24. The van der Waals surface area contributed by atoms with E-state index in [1.165, 1.54) is 34.9 Å². The first kappa shape index (κ1) is 21.6. The van der Waals surface area contributed by atoms with E-state index in [1.54, 1.807) is 0 Å². The molecule has 1 unspecified atom stereocenters. The summed E-state index contributed by atoms with van der Waals surface area (Å²) in [5, 5.41) is 11.3. The molecular weight excluding hydrogens is 366 g/mol. The SMILES string of the molecule is CC(=O)NCCN(C(=O)c1cc(S(=O)(=O)N(C)C)oc1C)C(C)C(=O)O. The van der Waals surface area contributed by atoms with Crippen LogP contribution in [0.15, 0.2) is 15.6 Å². The number of nitrogens with one attached hydrogen (secondary N) is 1. The van der Waals surface area contributed by atoms with Gasteiger partial charge in [-0.1, -0.05) is 0 Å². The first-order valence-electron chi connectivity index (χ1n) is 7.70. The molecule has 0 saturated heterocycles. The van der Waals surface area contributed by atoms with Crippen LogP contribution in [0.2, 0.25) is 0 Å². The Morgan fingerprint density at radius 3 is 2.35 bits per heavy atom. The zero-order valence-electron chi connectivity index (χ0n) is 15.3. The average molecular weight is 389 g/mol. The fraction of sp³-hybridized carbons (Fsp3) is 0.533. The molecule has 146 valence electrons. The number of sulfonamides is 1. The van der Waals surface area contributed by atoms with E-state index in [-0.39, 0.29) is 30.3 Å². The van der Waals surface area contributed by atoms with Crippen LogP contribution in [0.1, 0.15) is 30.0 Å². The zero-order valence-corrected chi connectivity index (χ0v) is 16.1. The molecule has 0 aliphatic carbocycles. The minimum absolute atomic E-state index is 0.0533. The van der Waals surface area contributed by atoms with E-state index in [0.29, 0.717) is 0 Å². The molecule has 10 nitrogen and oxygen atoms in total. The predicted octanol–water partition coefficient (Wildman–Crippen LogP) is -0.110. The third-order valence-electron chi connectivity index (χ3n) is 3.67. The number of amides is 2. The second-order valence-corrected chi connectivity index (χ2v) is 7.90. The van der Waals surface area contributed by atoms with Crippen LogP contribution in [0.5, 0.6) is 0 Å². The second kappa shape index (κ2) is 8.32. The number of carbonyl (C=O) groups is 3. The lowest BCUT2D eigenvalue weighted by molar-refractivity contribution is -0.141. The molecule has 11 heteroatoms. The second-order valence-electron chi connectivity index (χ2n) is 5.82. The van der Waals surface area contributed by atoms with E-state index in [2.05, 4.69) is 5.32 Å². The van der Waals surface area contributed by atoms with Gasteiger partial charge in [0, 0.05) is 40.2 Å². The highest BCUT2D eigenvalue weighted by atomic mass is 32.2. The molecule has 0 saturated carbocycles. The Balaban J connectivity index is 3.20. The van der Waals surface area contributed by atoms with E-state index in [9.17, 15) is 27.9 Å². The van der Waals surface area contributed by atoms with Gasteiger partial charge < -0.3 is 19.7 Å². The van der Waals surface area contributed by atoms with Crippen LogP contribution in [0, 0.1) is 6.92 Å². The molecule has 2 N–H and O–H groups in total. The van der Waals surface area contributed by atoms with Gasteiger partial charge in [-0.25, -0.2) is 17.5 Å². The Bertz CT molecular complexity index is 798. The number of carboxylic acid groups (broad SMARTS) is 1. The third-order valence-corrected chi connectivity index (χ3v) is 5.34. The van der Waals surface area contributed by atoms with Crippen LogP contribution in [0.25, 0.3) is 0 Å². The quantitative estimate of drug-likeness (QED) is 0.633. The summed E-state index contributed by atoms with van der Waals surface area (Å²) in [6, 6.07) is -0.105. The number of aliphatic carboxylic acids is 1. The van der Waals surface area contributed by atoms with Crippen molar-refractivity contribution >= 4 is 27.8 Å². The Kier molecular flexibility index (Phi) is 6.93. The van der Waals surface area contributed by atoms with Crippen molar-refractivity contribution in [3.63, 3.8) is 0 Å². The lowest BCUT2D eigenvalue weighted by Gasteiger charge is -2.26. The summed E-state index contributed by atoms with van der Waals surface area (Å²) in [4.78, 5) is 36.1. The minimum Gasteiger partial charge on any atom is -0.480 e. The molecule has 0 radical (unpaired) electrons. The molecule has 0 aromatic carbocycles. The van der Waals surface area contributed by atoms with Crippen LogP contribution >= 0.6 is 0 Å². The highest BCUT2D eigenvalue weighted by molar-refractivity contribution is 7.88. The first-order valence-corrected chi connectivity index (χ1v) is 9.14. The smallest absolute Gasteiger partial charge is 0.326 e. The van der Waals surface area contributed by atoms with Crippen molar-refractivity contribution in [1.82, 2.24) is 14.5 Å². The number of carbonyl (C=O) groups excluding carboxylic acids is 2. The number of furan rings is 1. The van der Waals surface area contributed by atoms with Gasteiger partial charge >= 0.3 is 5.97 Å². The molecule has 1 aromatic heterocycles. The van der Waals surface area contributed by atoms with E-state index in [0.717, 1.165) is 15.3 Å². The standard InChI is InChI=1S/C15H23N3O7S/c1-9(15(21)22)18(7-6-16-11(3)19)14(20)12-8-13(25-10(12)2)26(23,24)17(4)5/h8-9H,6-7H2,1-5H3,(H,16,19)(H,21,22). The van der Waals surface area contributed by atoms with Crippen LogP contribution in [0.4, 0.5) is 0 Å². The maximum atomic E-state index is 12.8. The fourth-order valence-corrected chi connectivity index (χ4v) is 2.94. The van der Waals surface area contributed by atoms with Gasteiger partial charge in [0.1, 0.15) is 11.8 Å². The number of hydrogen-bond acceptors (Lipinski definition) is 6. The number of rotatable bonds is 8. The van der Waals surface area contributed by atoms with Crippen molar-refractivity contribution in [1.29, 1.82) is 0 Å². The highest BCUT2D eigenvalue weighted by Crippen LogP contribution is 2.23. The van der Waals surface area contributed by atoms with Crippen molar-refractivity contribution in [3.8, 4) is 0 Å². The summed E-state index contributed by atoms with van der Waals surface area (Å²) >= 11 is 0. The van der Waals surface area contributed by atoms with Gasteiger partial charge in [0.05, 0.1) is 5.56 Å². The molecule has 0 fully saturated rings. The average Bonchev–Trinajstić information content (AvgIpc) is 2.92. The minimum atomic E-state index is -3.88. The van der Waals surface area contributed by atoms with Gasteiger partial charge in [-0.05, 0) is 13.8 Å². The molecule has 1 atom stereocenters. The molecule has 2 amide bonds. The first-order chi connectivity index (χ1) is 11.9. The molecule has 0 aliphatic rings. The van der Waals surface area contributed by atoms with Crippen LogP contribution in [-0.4, -0.2) is 73.7 Å². The normalized spacial score (nSPS) is 12.7. The summed E-state index contributed by atoms with van der Waals surface area (Å²) < 4.78 is 30.4. The van der Waals surface area contributed by atoms with E-state index >= 15 is 0 Å². The molecule has 0 aliphatic heterocycles. The topological polar surface area (TPSA) is 137 Å². The van der Waals surface area contributed by atoms with Crippen LogP contribution in [-0.2, 0) is 19.6 Å². The number of nitrogens with zero attached hydrogens (tertiary/aromatic N) is 2. The Labute approximate surface area is 151 Å². The largest absolute Gasteiger partial charge is 0.480 e. The van der Waals surface area contributed by atoms with E-state index in [1.807, 2.05) is 0 Å². The summed E-state index contributed by atoms with van der Waals surface area (Å²) in [5.41, 5.74) is -0.0543. The van der Waals surface area contributed by atoms with Crippen molar-refractivity contribution in [2.24, 2.45) is 0 Å². The van der Waals surface area contributed by atoms with Gasteiger partial charge in [-0.15, -0.1) is 0 Å². The predicted molar refractivity (Wildman–Crippen MR) is 91.1 cm³/mol. The van der Waals surface area contributed by atoms with Crippen molar-refractivity contribution in [3.05, 3.63) is 17.4 Å². The summed E-state index contributed by atoms with van der Waals surface area (Å²) in [5.74, 6) is -2.20. The Morgan fingerprint density at radius 2 is 1.88 bits per heavy atom. The fourth-order valence-electron chi connectivity index (χ4n) is 2.09. The Morgan fingerprint density at radius 1 is 1.31 bits per heavy atom. The molecule has 0 spiro atoms. The monoisotopic (exact) mass is 389 g/mol. The maximum Gasteiger partial charge on any atom is 0.326 e. The highest BCUT2D eigenvalue weighted by Gasteiger charge is 2.31. The molecule has 0 bridgehead atoms. The molecule has 1 aromatic rings. The lowest BCUT2D eigenvalue weighted by Crippen LogP contribution is -2.46. The maximum absolute atomic E-state index is 12.8. The molecule has 26 heavy (non-hydrogen) atoms. The van der Waals surface area contributed by atoms with Gasteiger partial charge in [0.2, 0.25) is 11.0 Å². The third kappa shape index (κ3) is 4.82. The lowest BCUT2D eigenvalue weighted by atomic mass is 10.2. The van der Waals surface area contributed by atoms with E-state index in [4.69, 9.17) is 4.42 Å². The number of carboxylic acids is 1. The number of hydrogen-bond donors (Lipinski definition) is 2. The molecule has 1 heterocycles. The molecular formula is C15H23N3O7S. The van der Waals surface area contributed by atoms with E-state index < -0.39 is 33.0 Å². The van der Waals surface area contributed by atoms with Crippen molar-refractivity contribution in [2.45, 2.75) is 31.9 Å². The summed E-state index contributed by atoms with van der Waals surface area (Å²) in [6.45, 7) is 4.02. The van der Waals surface area contributed by atoms with Gasteiger partial charge in [0.15, 0.2) is 0 Å². The molecule has 1 rings (SSSR count). The zero-order chi connectivity index (χ0) is 20.2. The van der Waals surface area contributed by atoms with Gasteiger partial charge in [-0.2, -0.15) is 0 Å². The van der Waals surface area contributed by atoms with Crippen molar-refractivity contribution in [2.75, 3.05) is 27.2 Å². The van der Waals surface area contributed by atoms with Crippen LogP contribution < -0.4 is 5.32 Å². The van der Waals surface area contributed by atoms with Crippen LogP contribution in [0.3, 0.4) is 0 Å².